The largest absolute Gasteiger partial charge is 0.493 e. The third-order valence-electron chi connectivity index (χ3n) is 4.55. The van der Waals surface area contributed by atoms with Crippen molar-refractivity contribution in [3.05, 3.63) is 76.6 Å². The number of ether oxygens (including phenoxy) is 2. The number of carboxylic acids is 1. The van der Waals surface area contributed by atoms with E-state index in [1.54, 1.807) is 7.05 Å². The number of carbonyl (C=O) groups is 1. The number of aliphatic imine (C=N–C) groups is 1. The van der Waals surface area contributed by atoms with E-state index >= 15 is 0 Å². The summed E-state index contributed by atoms with van der Waals surface area (Å²) in [4.78, 5) is 14.4. The normalized spacial score (nSPS) is 10.6. The van der Waals surface area contributed by atoms with Crippen LogP contribution in [0.4, 0.5) is 0 Å². The predicted molar refractivity (Wildman–Crippen MR) is 138 cm³/mol. The molecule has 0 fully saturated rings. The zero-order valence-corrected chi connectivity index (χ0v) is 21.4. The second kappa shape index (κ2) is 18.5. The van der Waals surface area contributed by atoms with E-state index in [-0.39, 0.29) is 6.42 Å². The van der Waals surface area contributed by atoms with Gasteiger partial charge in [0, 0.05) is 19.9 Å². The first-order valence-electron chi connectivity index (χ1n) is 11.6. The van der Waals surface area contributed by atoms with E-state index in [0.717, 1.165) is 35.5 Å². The van der Waals surface area contributed by atoms with Crippen molar-refractivity contribution in [3.63, 3.8) is 0 Å². The molecule has 0 unspecified atom stereocenters. The number of aliphatic carboxylic acids is 1. The van der Waals surface area contributed by atoms with Crippen LogP contribution in [0.1, 0.15) is 62.8 Å². The standard InChI is InChI=1S/C18H25NO4.C8H10.C2H6/c1-4-15-12-17(9-7-16(15)8-10-18(20)21)22-11-5-6-14(2)23-13-19-3;1-7-3-5-8(2)6-4-7;1-2/h6-7,9,12-13H,4-5,8,10-11H2,1-3H3,(H,20,21);3-6H,1-2H3;1-2H3/b14-6+,19-13?;;. The maximum atomic E-state index is 10.7. The zero-order chi connectivity index (χ0) is 25.1. The highest BCUT2D eigenvalue weighted by Crippen LogP contribution is 2.20. The van der Waals surface area contributed by atoms with E-state index < -0.39 is 5.97 Å². The minimum absolute atomic E-state index is 0.151. The number of hydrogen-bond donors (Lipinski definition) is 1. The van der Waals surface area contributed by atoms with Gasteiger partial charge in [-0.3, -0.25) is 9.79 Å². The second-order valence-corrected chi connectivity index (χ2v) is 7.27. The summed E-state index contributed by atoms with van der Waals surface area (Å²) in [5.74, 6) is 0.824. The topological polar surface area (TPSA) is 68.1 Å². The summed E-state index contributed by atoms with van der Waals surface area (Å²) in [6, 6.07) is 14.3. The van der Waals surface area contributed by atoms with Crippen LogP contribution in [-0.4, -0.2) is 31.1 Å². The summed E-state index contributed by atoms with van der Waals surface area (Å²) >= 11 is 0. The molecule has 0 bridgehead atoms. The first-order valence-corrected chi connectivity index (χ1v) is 11.6. The first-order chi connectivity index (χ1) is 15.8. The van der Waals surface area contributed by atoms with Crippen molar-refractivity contribution in [1.29, 1.82) is 0 Å². The Balaban J connectivity index is 0.000000849. The van der Waals surface area contributed by atoms with Gasteiger partial charge in [0.05, 0.1) is 12.4 Å². The van der Waals surface area contributed by atoms with Crippen LogP contribution in [0.5, 0.6) is 5.75 Å². The highest BCUT2D eigenvalue weighted by Gasteiger charge is 2.06. The number of nitrogens with zero attached hydrogens (tertiary/aromatic N) is 1. The van der Waals surface area contributed by atoms with E-state index in [0.29, 0.717) is 13.0 Å². The highest BCUT2D eigenvalue weighted by atomic mass is 16.5. The molecule has 0 aromatic heterocycles. The Bertz CT molecular complexity index is 834. The average Bonchev–Trinajstić information content (AvgIpc) is 2.83. The SMILES string of the molecule is CC.CCc1cc(OCC/C=C(\C)OC=NC)ccc1CCC(=O)O.Cc1ccc(C)cc1. The van der Waals surface area contributed by atoms with Gasteiger partial charge in [0.25, 0.3) is 0 Å². The number of benzene rings is 2. The first kappa shape index (κ1) is 29.9. The van der Waals surface area contributed by atoms with Gasteiger partial charge in [0.2, 0.25) is 0 Å². The Morgan fingerprint density at radius 2 is 1.64 bits per heavy atom. The molecule has 2 aromatic carbocycles. The van der Waals surface area contributed by atoms with Crippen LogP contribution in [0.3, 0.4) is 0 Å². The molecule has 1 N–H and O–H groups in total. The van der Waals surface area contributed by atoms with Crippen molar-refractivity contribution in [2.45, 2.75) is 67.2 Å². The van der Waals surface area contributed by atoms with Crippen LogP contribution in [0.15, 0.2) is 59.3 Å². The molecule has 0 heterocycles. The quantitative estimate of drug-likeness (QED) is 0.182. The molecule has 0 amide bonds. The minimum Gasteiger partial charge on any atom is -0.493 e. The van der Waals surface area contributed by atoms with Gasteiger partial charge in [-0.15, -0.1) is 0 Å². The number of carboxylic acid groups (broad SMARTS) is 1. The Hall–Kier alpha value is -3.08. The number of aryl methyl sites for hydroxylation is 4. The summed E-state index contributed by atoms with van der Waals surface area (Å²) in [6.45, 7) is 12.7. The molecule has 0 saturated heterocycles. The number of rotatable bonds is 10. The van der Waals surface area contributed by atoms with E-state index in [2.05, 4.69) is 50.0 Å². The molecule has 0 spiro atoms. The molecule has 5 heteroatoms. The Labute approximate surface area is 200 Å². The smallest absolute Gasteiger partial charge is 0.303 e. The van der Waals surface area contributed by atoms with Crippen LogP contribution in [0.25, 0.3) is 0 Å². The zero-order valence-electron chi connectivity index (χ0n) is 21.4. The van der Waals surface area contributed by atoms with Crippen molar-refractivity contribution < 1.29 is 19.4 Å². The Kier molecular flexibility index (Phi) is 16.8. The molecular formula is C28H41NO4. The molecule has 0 aliphatic heterocycles. The lowest BCUT2D eigenvalue weighted by Gasteiger charge is -2.11. The number of allylic oxidation sites excluding steroid dienone is 1. The summed E-state index contributed by atoms with van der Waals surface area (Å²) in [7, 11) is 1.65. The summed E-state index contributed by atoms with van der Waals surface area (Å²) in [6.07, 6.45) is 5.65. The van der Waals surface area contributed by atoms with Gasteiger partial charge in [-0.25, -0.2) is 0 Å². The van der Waals surface area contributed by atoms with Gasteiger partial charge < -0.3 is 14.6 Å². The van der Waals surface area contributed by atoms with E-state index in [4.69, 9.17) is 14.6 Å². The fourth-order valence-electron chi connectivity index (χ4n) is 2.77. The monoisotopic (exact) mass is 455 g/mol. The summed E-state index contributed by atoms with van der Waals surface area (Å²) in [5, 5.41) is 8.79. The van der Waals surface area contributed by atoms with Crippen molar-refractivity contribution in [2.75, 3.05) is 13.7 Å². The van der Waals surface area contributed by atoms with Crippen molar-refractivity contribution in [3.8, 4) is 5.75 Å². The van der Waals surface area contributed by atoms with Crippen molar-refractivity contribution in [2.24, 2.45) is 4.99 Å². The molecular weight excluding hydrogens is 414 g/mol. The van der Waals surface area contributed by atoms with Crippen LogP contribution in [0, 0.1) is 13.8 Å². The molecule has 0 saturated carbocycles. The third kappa shape index (κ3) is 14.6. The Morgan fingerprint density at radius 1 is 1.03 bits per heavy atom. The van der Waals surface area contributed by atoms with Crippen LogP contribution in [0.2, 0.25) is 0 Å². The molecule has 0 aliphatic rings. The summed E-state index contributed by atoms with van der Waals surface area (Å²) in [5.41, 5.74) is 4.87. The molecule has 0 atom stereocenters. The van der Waals surface area contributed by atoms with Gasteiger partial charge in [0.15, 0.2) is 6.40 Å². The van der Waals surface area contributed by atoms with Crippen LogP contribution < -0.4 is 4.74 Å². The fourth-order valence-corrected chi connectivity index (χ4v) is 2.77. The van der Waals surface area contributed by atoms with E-state index in [1.807, 2.05) is 45.0 Å². The van der Waals surface area contributed by atoms with E-state index in [1.165, 1.54) is 17.5 Å². The lowest BCUT2D eigenvalue weighted by molar-refractivity contribution is -0.136. The fraction of sp³-hybridized carbons (Fsp3) is 0.429. The van der Waals surface area contributed by atoms with Crippen molar-refractivity contribution >= 4 is 12.4 Å². The summed E-state index contributed by atoms with van der Waals surface area (Å²) < 4.78 is 10.9. The maximum absolute atomic E-state index is 10.7. The molecule has 5 nitrogen and oxygen atoms in total. The van der Waals surface area contributed by atoms with Gasteiger partial charge >= 0.3 is 5.97 Å². The molecule has 33 heavy (non-hydrogen) atoms. The van der Waals surface area contributed by atoms with Gasteiger partial charge in [-0.05, 0) is 62.9 Å². The highest BCUT2D eigenvalue weighted by molar-refractivity contribution is 5.67. The lowest BCUT2D eigenvalue weighted by atomic mass is 10.0. The van der Waals surface area contributed by atoms with Gasteiger partial charge in [0.1, 0.15) is 5.75 Å². The molecule has 2 aromatic rings. The molecule has 0 radical (unpaired) electrons. The minimum atomic E-state index is -0.773. The number of hydrogen-bond acceptors (Lipinski definition) is 4. The van der Waals surface area contributed by atoms with E-state index in [9.17, 15) is 4.79 Å². The van der Waals surface area contributed by atoms with Crippen LogP contribution in [-0.2, 0) is 22.4 Å². The molecule has 182 valence electrons. The Morgan fingerprint density at radius 3 is 2.15 bits per heavy atom. The third-order valence-corrected chi connectivity index (χ3v) is 4.55. The van der Waals surface area contributed by atoms with Crippen molar-refractivity contribution in [1.82, 2.24) is 0 Å². The average molecular weight is 456 g/mol. The predicted octanol–water partition coefficient (Wildman–Crippen LogP) is 6.94. The second-order valence-electron chi connectivity index (χ2n) is 7.27. The van der Waals surface area contributed by atoms with Gasteiger partial charge in [-0.2, -0.15) is 0 Å². The van der Waals surface area contributed by atoms with Crippen LogP contribution >= 0.6 is 0 Å². The lowest BCUT2D eigenvalue weighted by Crippen LogP contribution is -2.02. The maximum Gasteiger partial charge on any atom is 0.303 e. The van der Waals surface area contributed by atoms with Gasteiger partial charge in [-0.1, -0.05) is 62.2 Å². The molecule has 2 rings (SSSR count). The molecule has 0 aliphatic carbocycles.